The largest absolute Gasteiger partial charge is 0.322 e. The number of carbonyl (C=O) groups is 1. The van der Waals surface area contributed by atoms with Gasteiger partial charge in [0.05, 0.1) is 0 Å². The number of allylic oxidation sites excluding steroid dienone is 6. The van der Waals surface area contributed by atoms with E-state index in [0.29, 0.717) is 16.3 Å². The lowest BCUT2D eigenvalue weighted by Gasteiger charge is -2.06. The van der Waals surface area contributed by atoms with E-state index in [1.54, 1.807) is 18.2 Å². The number of amides is 1. The molecule has 0 saturated heterocycles. The number of carbonyl (C=O) groups excluding carboxylic acids is 1. The van der Waals surface area contributed by atoms with Crippen molar-refractivity contribution in [3.05, 3.63) is 71.5 Å². The van der Waals surface area contributed by atoms with Gasteiger partial charge in [-0.15, -0.1) is 0 Å². The SMILES string of the molecule is C=C/C(=C\C(Cl)=C(C)C)NC(=O)C(=C)/C=C\C(=C)C. The van der Waals surface area contributed by atoms with Gasteiger partial charge in [0.15, 0.2) is 0 Å². The molecule has 0 saturated carbocycles. The average molecular weight is 278 g/mol. The van der Waals surface area contributed by atoms with Crippen molar-refractivity contribution >= 4 is 17.5 Å². The summed E-state index contributed by atoms with van der Waals surface area (Å²) in [7, 11) is 0. The highest BCUT2D eigenvalue weighted by atomic mass is 35.5. The van der Waals surface area contributed by atoms with Crippen LogP contribution in [-0.2, 0) is 4.79 Å². The molecule has 0 rings (SSSR count). The van der Waals surface area contributed by atoms with Crippen LogP contribution in [0.15, 0.2) is 71.5 Å². The Kier molecular flexibility index (Phi) is 7.54. The first-order chi connectivity index (χ1) is 8.77. The van der Waals surface area contributed by atoms with E-state index in [4.69, 9.17) is 11.6 Å². The van der Waals surface area contributed by atoms with Crippen molar-refractivity contribution in [3.63, 3.8) is 0 Å². The minimum absolute atomic E-state index is 0.304. The molecule has 0 radical (unpaired) electrons. The molecule has 2 nitrogen and oxygen atoms in total. The summed E-state index contributed by atoms with van der Waals surface area (Å²) in [5.41, 5.74) is 2.67. The van der Waals surface area contributed by atoms with Gasteiger partial charge in [-0.2, -0.15) is 0 Å². The van der Waals surface area contributed by atoms with Crippen molar-refractivity contribution in [1.29, 1.82) is 0 Å². The molecule has 0 aromatic heterocycles. The summed E-state index contributed by atoms with van der Waals surface area (Å²) in [6, 6.07) is 0. The number of halogens is 1. The molecule has 1 amide bonds. The van der Waals surface area contributed by atoms with E-state index in [1.807, 2.05) is 20.8 Å². The first-order valence-corrected chi connectivity index (χ1v) is 6.16. The molecule has 0 heterocycles. The van der Waals surface area contributed by atoms with Gasteiger partial charge in [0, 0.05) is 16.3 Å². The van der Waals surface area contributed by atoms with Gasteiger partial charge >= 0.3 is 0 Å². The van der Waals surface area contributed by atoms with Crippen LogP contribution < -0.4 is 5.32 Å². The molecule has 0 unspecified atom stereocenters. The van der Waals surface area contributed by atoms with Gasteiger partial charge < -0.3 is 5.32 Å². The molecule has 0 bridgehead atoms. The monoisotopic (exact) mass is 277 g/mol. The molecule has 19 heavy (non-hydrogen) atoms. The first kappa shape index (κ1) is 17.2. The quantitative estimate of drug-likeness (QED) is 0.566. The Morgan fingerprint density at radius 2 is 1.74 bits per heavy atom. The van der Waals surface area contributed by atoms with E-state index in [-0.39, 0.29) is 5.91 Å². The fourth-order valence-corrected chi connectivity index (χ4v) is 1.07. The summed E-state index contributed by atoms with van der Waals surface area (Å²) >= 11 is 6.01. The predicted molar refractivity (Wildman–Crippen MR) is 83.7 cm³/mol. The van der Waals surface area contributed by atoms with Crippen molar-refractivity contribution in [2.45, 2.75) is 20.8 Å². The smallest absolute Gasteiger partial charge is 0.255 e. The molecule has 0 fully saturated rings. The van der Waals surface area contributed by atoms with E-state index in [1.165, 1.54) is 6.08 Å². The second kappa shape index (κ2) is 8.33. The Labute approximate surface area is 120 Å². The Balaban J connectivity index is 4.88. The fourth-order valence-electron chi connectivity index (χ4n) is 0.957. The normalized spacial score (nSPS) is 11.1. The Bertz CT molecular complexity index is 489. The maximum atomic E-state index is 11.8. The summed E-state index contributed by atoms with van der Waals surface area (Å²) in [5.74, 6) is -0.304. The van der Waals surface area contributed by atoms with Crippen molar-refractivity contribution in [2.75, 3.05) is 0 Å². The summed E-state index contributed by atoms with van der Waals surface area (Å²) in [4.78, 5) is 11.8. The standard InChI is InChI=1S/C16H20ClNO/c1-7-14(10-15(17)12(4)5)18-16(19)13(6)9-8-11(2)3/h7-10H,1-2,6H2,3-5H3,(H,18,19)/b9-8-,14-10+. The molecule has 0 spiro atoms. The van der Waals surface area contributed by atoms with Gasteiger partial charge in [-0.25, -0.2) is 0 Å². The first-order valence-electron chi connectivity index (χ1n) is 5.79. The zero-order chi connectivity index (χ0) is 15.0. The predicted octanol–water partition coefficient (Wildman–Crippen LogP) is 4.39. The lowest BCUT2D eigenvalue weighted by molar-refractivity contribution is -0.116. The zero-order valence-corrected chi connectivity index (χ0v) is 12.5. The maximum absolute atomic E-state index is 11.8. The van der Waals surface area contributed by atoms with Crippen LogP contribution in [0.2, 0.25) is 0 Å². The molecule has 0 aliphatic heterocycles. The van der Waals surface area contributed by atoms with E-state index in [9.17, 15) is 4.79 Å². The van der Waals surface area contributed by atoms with Crippen LogP contribution >= 0.6 is 11.6 Å². The highest BCUT2D eigenvalue weighted by molar-refractivity contribution is 6.31. The number of nitrogens with one attached hydrogen (secondary N) is 1. The van der Waals surface area contributed by atoms with E-state index < -0.39 is 0 Å². The van der Waals surface area contributed by atoms with Gasteiger partial charge in [0.25, 0.3) is 5.91 Å². The van der Waals surface area contributed by atoms with E-state index >= 15 is 0 Å². The molecule has 102 valence electrons. The zero-order valence-electron chi connectivity index (χ0n) is 11.7. The fraction of sp³-hybridized carbons (Fsp3) is 0.188. The van der Waals surface area contributed by atoms with Gasteiger partial charge in [0.1, 0.15) is 0 Å². The summed E-state index contributed by atoms with van der Waals surface area (Å²) in [6.45, 7) is 16.6. The van der Waals surface area contributed by atoms with Gasteiger partial charge in [-0.05, 0) is 39.0 Å². The summed E-state index contributed by atoms with van der Waals surface area (Å²) in [5, 5.41) is 3.25. The maximum Gasteiger partial charge on any atom is 0.255 e. The lowest BCUT2D eigenvalue weighted by Crippen LogP contribution is -2.22. The Morgan fingerprint density at radius 1 is 1.16 bits per heavy atom. The molecule has 3 heteroatoms. The lowest BCUT2D eigenvalue weighted by atomic mass is 10.2. The van der Waals surface area contributed by atoms with Crippen molar-refractivity contribution in [2.24, 2.45) is 0 Å². The molecular formula is C16H20ClNO. The highest BCUT2D eigenvalue weighted by Crippen LogP contribution is 2.12. The third kappa shape index (κ3) is 7.27. The van der Waals surface area contributed by atoms with Crippen LogP contribution in [0.1, 0.15) is 20.8 Å². The Hall–Kier alpha value is -1.80. The number of hydrogen-bond acceptors (Lipinski definition) is 1. The van der Waals surface area contributed by atoms with E-state index in [0.717, 1.165) is 11.1 Å². The highest BCUT2D eigenvalue weighted by Gasteiger charge is 2.05. The Morgan fingerprint density at radius 3 is 2.16 bits per heavy atom. The van der Waals surface area contributed by atoms with Crippen LogP contribution in [-0.4, -0.2) is 5.91 Å². The van der Waals surface area contributed by atoms with Crippen LogP contribution in [0.4, 0.5) is 0 Å². The van der Waals surface area contributed by atoms with E-state index in [2.05, 4.69) is 25.1 Å². The second-order valence-electron chi connectivity index (χ2n) is 4.31. The van der Waals surface area contributed by atoms with Crippen LogP contribution in [0, 0.1) is 0 Å². The topological polar surface area (TPSA) is 29.1 Å². The van der Waals surface area contributed by atoms with Gasteiger partial charge in [-0.1, -0.05) is 48.6 Å². The van der Waals surface area contributed by atoms with Gasteiger partial charge in [0.2, 0.25) is 0 Å². The molecule has 0 aliphatic rings. The minimum atomic E-state index is -0.304. The third-order valence-corrected chi connectivity index (χ3v) is 2.59. The molecule has 1 N–H and O–H groups in total. The van der Waals surface area contributed by atoms with Crippen molar-refractivity contribution in [1.82, 2.24) is 5.32 Å². The van der Waals surface area contributed by atoms with Gasteiger partial charge in [-0.3, -0.25) is 4.79 Å². The molecule has 0 aliphatic carbocycles. The number of hydrogen-bond donors (Lipinski definition) is 1. The van der Waals surface area contributed by atoms with Crippen LogP contribution in [0.5, 0.6) is 0 Å². The second-order valence-corrected chi connectivity index (χ2v) is 4.72. The molecule has 0 aromatic rings. The molecule has 0 atom stereocenters. The van der Waals surface area contributed by atoms with Crippen LogP contribution in [0.3, 0.4) is 0 Å². The average Bonchev–Trinajstić information content (AvgIpc) is 2.34. The molecular weight excluding hydrogens is 258 g/mol. The third-order valence-electron chi connectivity index (χ3n) is 2.10. The van der Waals surface area contributed by atoms with Crippen molar-refractivity contribution < 1.29 is 4.79 Å². The number of rotatable bonds is 6. The minimum Gasteiger partial charge on any atom is -0.322 e. The van der Waals surface area contributed by atoms with Crippen LogP contribution in [0.25, 0.3) is 0 Å². The molecule has 0 aromatic carbocycles. The summed E-state index contributed by atoms with van der Waals surface area (Å²) < 4.78 is 0. The summed E-state index contributed by atoms with van der Waals surface area (Å²) in [6.07, 6.45) is 6.51. The van der Waals surface area contributed by atoms with Crippen molar-refractivity contribution in [3.8, 4) is 0 Å².